The molecule has 0 aromatic heterocycles. The van der Waals surface area contributed by atoms with Gasteiger partial charge in [0, 0.05) is 17.6 Å². The first kappa shape index (κ1) is 10.4. The molecule has 1 saturated heterocycles. The third-order valence-electron chi connectivity index (χ3n) is 2.55. The van der Waals surface area contributed by atoms with E-state index < -0.39 is 6.17 Å². The lowest BCUT2D eigenvalue weighted by Gasteiger charge is -2.18. The minimum atomic E-state index is -0.764. The van der Waals surface area contributed by atoms with Crippen LogP contribution in [0.1, 0.15) is 12.0 Å². The van der Waals surface area contributed by atoms with E-state index in [0.29, 0.717) is 25.1 Å². The Kier molecular flexibility index (Phi) is 2.92. The fourth-order valence-corrected chi connectivity index (χ4v) is 2.17. The van der Waals surface area contributed by atoms with Gasteiger partial charge < -0.3 is 4.90 Å². The SMILES string of the molecule is N#Cc1cc(Br)ccc1N1CCC(F)C1. The maximum atomic E-state index is 13.0. The summed E-state index contributed by atoms with van der Waals surface area (Å²) >= 11 is 3.31. The monoisotopic (exact) mass is 268 g/mol. The van der Waals surface area contributed by atoms with Gasteiger partial charge in [0.05, 0.1) is 11.3 Å². The van der Waals surface area contributed by atoms with Crippen molar-refractivity contribution in [2.75, 3.05) is 18.0 Å². The van der Waals surface area contributed by atoms with Crippen LogP contribution < -0.4 is 4.90 Å². The summed E-state index contributed by atoms with van der Waals surface area (Å²) in [6.45, 7) is 1.09. The van der Waals surface area contributed by atoms with Crippen LogP contribution in [0, 0.1) is 11.3 Å². The lowest BCUT2D eigenvalue weighted by atomic mass is 10.2. The van der Waals surface area contributed by atoms with Crippen LogP contribution >= 0.6 is 15.9 Å². The maximum Gasteiger partial charge on any atom is 0.119 e. The summed E-state index contributed by atoms with van der Waals surface area (Å²) < 4.78 is 13.9. The van der Waals surface area contributed by atoms with E-state index in [1.807, 2.05) is 17.0 Å². The molecule has 0 bridgehead atoms. The van der Waals surface area contributed by atoms with Crippen molar-refractivity contribution in [2.24, 2.45) is 0 Å². The van der Waals surface area contributed by atoms with Gasteiger partial charge in [-0.05, 0) is 24.6 Å². The van der Waals surface area contributed by atoms with E-state index in [2.05, 4.69) is 22.0 Å². The fourth-order valence-electron chi connectivity index (χ4n) is 1.81. The minimum Gasteiger partial charge on any atom is -0.367 e. The van der Waals surface area contributed by atoms with Crippen LogP contribution in [0.3, 0.4) is 0 Å². The van der Waals surface area contributed by atoms with Crippen molar-refractivity contribution in [3.8, 4) is 6.07 Å². The van der Waals surface area contributed by atoms with Gasteiger partial charge in [-0.15, -0.1) is 0 Å². The van der Waals surface area contributed by atoms with Gasteiger partial charge in [0.25, 0.3) is 0 Å². The number of nitriles is 1. The first-order chi connectivity index (χ1) is 7.20. The van der Waals surface area contributed by atoms with E-state index in [0.717, 1.165) is 10.2 Å². The zero-order valence-corrected chi connectivity index (χ0v) is 9.67. The van der Waals surface area contributed by atoms with Gasteiger partial charge in [0.2, 0.25) is 0 Å². The van der Waals surface area contributed by atoms with Crippen molar-refractivity contribution in [2.45, 2.75) is 12.6 Å². The molecule has 1 aromatic rings. The van der Waals surface area contributed by atoms with Gasteiger partial charge in [-0.25, -0.2) is 4.39 Å². The molecule has 1 aliphatic heterocycles. The van der Waals surface area contributed by atoms with E-state index in [-0.39, 0.29) is 0 Å². The Morgan fingerprint density at radius 2 is 2.33 bits per heavy atom. The molecule has 0 saturated carbocycles. The predicted octanol–water partition coefficient (Wildman–Crippen LogP) is 2.87. The number of benzene rings is 1. The molecule has 1 heterocycles. The van der Waals surface area contributed by atoms with E-state index in [1.165, 1.54) is 0 Å². The summed E-state index contributed by atoms with van der Waals surface area (Å²) in [5, 5.41) is 8.98. The van der Waals surface area contributed by atoms with Crippen LogP contribution in [0.5, 0.6) is 0 Å². The van der Waals surface area contributed by atoms with Gasteiger partial charge >= 0.3 is 0 Å². The molecule has 1 fully saturated rings. The molecule has 0 amide bonds. The molecule has 0 aliphatic carbocycles. The molecule has 0 radical (unpaired) electrons. The van der Waals surface area contributed by atoms with Crippen molar-refractivity contribution >= 4 is 21.6 Å². The molecule has 2 rings (SSSR count). The second-order valence-corrected chi connectivity index (χ2v) is 4.52. The zero-order valence-electron chi connectivity index (χ0n) is 8.08. The fraction of sp³-hybridized carbons (Fsp3) is 0.364. The molecule has 15 heavy (non-hydrogen) atoms. The number of anilines is 1. The molecule has 2 nitrogen and oxygen atoms in total. The van der Waals surface area contributed by atoms with Gasteiger partial charge in [-0.2, -0.15) is 5.26 Å². The van der Waals surface area contributed by atoms with Crippen LogP contribution in [0.2, 0.25) is 0 Å². The predicted molar refractivity (Wildman–Crippen MR) is 60.6 cm³/mol. The Bertz CT molecular complexity index is 414. The summed E-state index contributed by atoms with van der Waals surface area (Å²) in [5.41, 5.74) is 1.43. The highest BCUT2D eigenvalue weighted by molar-refractivity contribution is 9.10. The number of nitrogens with zero attached hydrogens (tertiary/aromatic N) is 2. The molecular formula is C11H10BrFN2. The van der Waals surface area contributed by atoms with Crippen molar-refractivity contribution in [1.29, 1.82) is 5.26 Å². The number of hydrogen-bond donors (Lipinski definition) is 0. The van der Waals surface area contributed by atoms with Crippen LogP contribution in [0.25, 0.3) is 0 Å². The summed E-state index contributed by atoms with van der Waals surface area (Å²) in [6.07, 6.45) is -0.207. The Morgan fingerprint density at radius 3 is 2.93 bits per heavy atom. The quantitative estimate of drug-likeness (QED) is 0.783. The van der Waals surface area contributed by atoms with Crippen LogP contribution in [0.15, 0.2) is 22.7 Å². The number of rotatable bonds is 1. The third kappa shape index (κ3) is 2.13. The van der Waals surface area contributed by atoms with E-state index in [9.17, 15) is 4.39 Å². The Morgan fingerprint density at radius 1 is 1.53 bits per heavy atom. The van der Waals surface area contributed by atoms with Crippen molar-refractivity contribution < 1.29 is 4.39 Å². The van der Waals surface area contributed by atoms with E-state index >= 15 is 0 Å². The van der Waals surface area contributed by atoms with Gasteiger partial charge in [-0.1, -0.05) is 15.9 Å². The van der Waals surface area contributed by atoms with Crippen molar-refractivity contribution in [3.63, 3.8) is 0 Å². The smallest absolute Gasteiger partial charge is 0.119 e. The summed E-state index contributed by atoms with van der Waals surface area (Å²) in [6, 6.07) is 7.64. The minimum absolute atomic E-state index is 0.399. The molecule has 1 unspecified atom stereocenters. The highest BCUT2D eigenvalue weighted by atomic mass is 79.9. The Balaban J connectivity index is 2.32. The molecule has 0 spiro atoms. The number of halogens is 2. The molecule has 78 valence electrons. The van der Waals surface area contributed by atoms with Crippen LogP contribution in [0.4, 0.5) is 10.1 Å². The van der Waals surface area contributed by atoms with E-state index in [1.54, 1.807) is 6.07 Å². The highest BCUT2D eigenvalue weighted by Crippen LogP contribution is 2.27. The second-order valence-electron chi connectivity index (χ2n) is 3.61. The second kappa shape index (κ2) is 4.19. The first-order valence-electron chi connectivity index (χ1n) is 4.79. The summed E-state index contributed by atoms with van der Waals surface area (Å²) in [4.78, 5) is 1.93. The van der Waals surface area contributed by atoms with Crippen molar-refractivity contribution in [1.82, 2.24) is 0 Å². The highest BCUT2D eigenvalue weighted by Gasteiger charge is 2.23. The van der Waals surface area contributed by atoms with Crippen LogP contribution in [-0.2, 0) is 0 Å². The molecule has 1 atom stereocenters. The van der Waals surface area contributed by atoms with E-state index in [4.69, 9.17) is 5.26 Å². The molecule has 1 aliphatic rings. The van der Waals surface area contributed by atoms with Crippen molar-refractivity contribution in [3.05, 3.63) is 28.2 Å². The van der Waals surface area contributed by atoms with Gasteiger partial charge in [0.15, 0.2) is 0 Å². The van der Waals surface area contributed by atoms with Gasteiger partial charge in [0.1, 0.15) is 12.2 Å². The van der Waals surface area contributed by atoms with Gasteiger partial charge in [-0.3, -0.25) is 0 Å². The lowest BCUT2D eigenvalue weighted by molar-refractivity contribution is 0.364. The lowest BCUT2D eigenvalue weighted by Crippen LogP contribution is -2.20. The average molecular weight is 269 g/mol. The first-order valence-corrected chi connectivity index (χ1v) is 5.58. The largest absolute Gasteiger partial charge is 0.367 e. The zero-order chi connectivity index (χ0) is 10.8. The molecular weight excluding hydrogens is 259 g/mol. The third-order valence-corrected chi connectivity index (χ3v) is 3.04. The number of hydrogen-bond acceptors (Lipinski definition) is 2. The van der Waals surface area contributed by atoms with Crippen LogP contribution in [-0.4, -0.2) is 19.3 Å². The Labute approximate surface area is 96.4 Å². The summed E-state index contributed by atoms with van der Waals surface area (Å²) in [5.74, 6) is 0. The average Bonchev–Trinajstić information content (AvgIpc) is 2.64. The Hall–Kier alpha value is -1.08. The molecule has 0 N–H and O–H groups in total. The summed E-state index contributed by atoms with van der Waals surface area (Å²) in [7, 11) is 0. The molecule has 4 heteroatoms. The topological polar surface area (TPSA) is 27.0 Å². The standard InChI is InChI=1S/C11H10BrFN2/c12-9-1-2-11(8(5-9)6-14)15-4-3-10(13)7-15/h1-2,5,10H,3-4,7H2. The normalized spacial score (nSPS) is 20.3. The molecule has 1 aromatic carbocycles. The number of alkyl halides is 1. The maximum absolute atomic E-state index is 13.0.